The number of carbonyl (C=O) groups is 1. The molecule has 5 heterocycles. The Labute approximate surface area is 202 Å². The number of fused-ring (bicyclic) bond motifs is 1. The van der Waals surface area contributed by atoms with Gasteiger partial charge in [0.1, 0.15) is 21.4 Å². The molecule has 35 heavy (non-hydrogen) atoms. The van der Waals surface area contributed by atoms with Crippen LogP contribution in [0.15, 0.2) is 69.4 Å². The summed E-state index contributed by atoms with van der Waals surface area (Å²) in [5, 5.41) is 19.6. The molecule has 4 aromatic rings. The number of pyridine rings is 1. The number of rotatable bonds is 4. The van der Waals surface area contributed by atoms with Crippen molar-refractivity contribution in [2.24, 2.45) is 9.98 Å². The molecule has 0 amide bonds. The van der Waals surface area contributed by atoms with Crippen molar-refractivity contribution in [2.75, 3.05) is 0 Å². The largest absolute Gasteiger partial charge is 0.477 e. The van der Waals surface area contributed by atoms with Crippen molar-refractivity contribution in [1.29, 1.82) is 0 Å². The maximum absolute atomic E-state index is 13.3. The maximum Gasteiger partial charge on any atom is 0.345 e. The molecule has 2 aliphatic heterocycles. The molecule has 0 unspecified atom stereocenters. The van der Waals surface area contributed by atoms with Crippen molar-refractivity contribution in [3.63, 3.8) is 0 Å². The lowest BCUT2D eigenvalue weighted by molar-refractivity contribution is -0.659. The van der Waals surface area contributed by atoms with Gasteiger partial charge in [0, 0.05) is 17.3 Å². The molecule has 172 valence electrons. The number of aromatic nitrogens is 5. The van der Waals surface area contributed by atoms with E-state index >= 15 is 0 Å². The first-order chi connectivity index (χ1) is 17.0. The minimum atomic E-state index is -0.971. The van der Waals surface area contributed by atoms with E-state index in [-0.39, 0.29) is 10.4 Å². The summed E-state index contributed by atoms with van der Waals surface area (Å²) in [7, 11) is 0. The van der Waals surface area contributed by atoms with E-state index < -0.39 is 5.97 Å². The first-order valence-electron chi connectivity index (χ1n) is 10.8. The van der Waals surface area contributed by atoms with Crippen LogP contribution in [-0.4, -0.2) is 43.1 Å². The highest BCUT2D eigenvalue weighted by molar-refractivity contribution is 7.16. The maximum atomic E-state index is 13.3. The minimum Gasteiger partial charge on any atom is -0.477 e. The topological polar surface area (TPSA) is 129 Å². The SMILES string of the molecule is Cc1ccc(-[n+]2cnn[nH]2)c(-c2cc3n(c(=O)c2)/C(=C2\N=CC(c4ccc(C(=O)O)s4)=N2)CC3)c1. The molecule has 11 heteroatoms. The monoisotopic (exact) mass is 484 g/mol. The van der Waals surface area contributed by atoms with Crippen LogP contribution in [-0.2, 0) is 6.42 Å². The predicted octanol–water partition coefficient (Wildman–Crippen LogP) is 2.62. The van der Waals surface area contributed by atoms with Gasteiger partial charge in [0.25, 0.3) is 11.9 Å². The van der Waals surface area contributed by atoms with Gasteiger partial charge in [0.15, 0.2) is 11.0 Å². The molecule has 0 saturated carbocycles. The number of nitrogens with zero attached hydrogens (tertiary/aromatic N) is 6. The summed E-state index contributed by atoms with van der Waals surface area (Å²) in [5.74, 6) is -0.490. The van der Waals surface area contributed by atoms with E-state index in [1.54, 1.807) is 40.0 Å². The first-order valence-corrected chi connectivity index (χ1v) is 11.6. The number of carboxylic acids is 1. The fraction of sp³-hybridized carbons (Fsp3) is 0.125. The number of tetrazole rings is 1. The molecule has 0 saturated heterocycles. The van der Waals surface area contributed by atoms with Crippen LogP contribution >= 0.6 is 11.3 Å². The van der Waals surface area contributed by atoms with Crippen molar-refractivity contribution in [2.45, 2.75) is 19.8 Å². The van der Waals surface area contributed by atoms with Gasteiger partial charge in [-0.1, -0.05) is 16.8 Å². The molecule has 0 spiro atoms. The number of thiophene rings is 1. The first kappa shape index (κ1) is 21.1. The van der Waals surface area contributed by atoms with Gasteiger partial charge in [-0.2, -0.15) is 0 Å². The third-order valence-corrected chi connectivity index (χ3v) is 7.06. The lowest BCUT2D eigenvalue weighted by Crippen LogP contribution is -2.33. The zero-order valence-corrected chi connectivity index (χ0v) is 19.3. The molecule has 0 fully saturated rings. The second-order valence-electron chi connectivity index (χ2n) is 8.23. The number of carboxylic acid groups (broad SMARTS) is 1. The fourth-order valence-electron chi connectivity index (χ4n) is 4.37. The number of nitrogens with one attached hydrogen (secondary N) is 1. The second kappa shape index (κ2) is 8.06. The number of aliphatic imine (C=N–C) groups is 2. The second-order valence-corrected chi connectivity index (χ2v) is 9.31. The summed E-state index contributed by atoms with van der Waals surface area (Å²) in [6.07, 6.45) is 4.51. The molecule has 3 aromatic heterocycles. The summed E-state index contributed by atoms with van der Waals surface area (Å²) >= 11 is 1.15. The van der Waals surface area contributed by atoms with E-state index in [0.717, 1.165) is 50.0 Å². The molecule has 0 radical (unpaired) electrons. The summed E-state index contributed by atoms with van der Waals surface area (Å²) < 4.78 is 3.39. The molecule has 0 bridgehead atoms. The highest BCUT2D eigenvalue weighted by atomic mass is 32.1. The summed E-state index contributed by atoms with van der Waals surface area (Å²) in [6.45, 7) is 2.01. The number of aromatic amines is 1. The van der Waals surface area contributed by atoms with Gasteiger partial charge in [-0.15, -0.1) is 16.0 Å². The highest BCUT2D eigenvalue weighted by Gasteiger charge is 2.25. The van der Waals surface area contributed by atoms with Crippen LogP contribution in [0.1, 0.15) is 32.2 Å². The van der Waals surface area contributed by atoms with Crippen LogP contribution in [0.25, 0.3) is 22.5 Å². The van der Waals surface area contributed by atoms with Gasteiger partial charge in [-0.25, -0.2) is 14.8 Å². The van der Waals surface area contributed by atoms with E-state index in [4.69, 9.17) is 0 Å². The van der Waals surface area contributed by atoms with Crippen LogP contribution in [0.4, 0.5) is 0 Å². The van der Waals surface area contributed by atoms with Gasteiger partial charge in [-0.3, -0.25) is 9.36 Å². The highest BCUT2D eigenvalue weighted by Crippen LogP contribution is 2.32. The molecule has 10 nitrogen and oxygen atoms in total. The normalized spacial score (nSPS) is 16.5. The van der Waals surface area contributed by atoms with Gasteiger partial charge in [0.2, 0.25) is 0 Å². The number of aryl methyl sites for hydroxylation is 2. The van der Waals surface area contributed by atoms with Crippen LogP contribution in [0.5, 0.6) is 0 Å². The number of H-pyrrole nitrogens is 1. The average molecular weight is 485 g/mol. The molecular formula is C24H18N7O3S+. The van der Waals surface area contributed by atoms with Crippen molar-refractivity contribution in [3.8, 4) is 16.8 Å². The van der Waals surface area contributed by atoms with Gasteiger partial charge < -0.3 is 5.11 Å². The van der Waals surface area contributed by atoms with Crippen LogP contribution < -0.4 is 10.2 Å². The molecule has 0 atom stereocenters. The Balaban J connectivity index is 1.41. The van der Waals surface area contributed by atoms with Crippen molar-refractivity contribution < 1.29 is 14.6 Å². The molecule has 0 aliphatic carbocycles. The van der Waals surface area contributed by atoms with Crippen LogP contribution in [0.3, 0.4) is 0 Å². The van der Waals surface area contributed by atoms with Gasteiger partial charge in [0.05, 0.1) is 16.8 Å². The smallest absolute Gasteiger partial charge is 0.345 e. The average Bonchev–Trinajstić information content (AvgIpc) is 3.64. The van der Waals surface area contributed by atoms with Crippen molar-refractivity contribution in [1.82, 2.24) is 20.1 Å². The Morgan fingerprint density at radius 3 is 2.83 bits per heavy atom. The van der Waals surface area contributed by atoms with Crippen molar-refractivity contribution in [3.05, 3.63) is 86.0 Å². The number of benzene rings is 1. The lowest BCUT2D eigenvalue weighted by atomic mass is 10.0. The number of hydrogen-bond acceptors (Lipinski definition) is 7. The van der Waals surface area contributed by atoms with Crippen LogP contribution in [0.2, 0.25) is 0 Å². The summed E-state index contributed by atoms with van der Waals surface area (Å²) in [6, 6.07) is 12.9. The molecule has 1 aromatic carbocycles. The Kier molecular flexibility index (Phi) is 4.85. The zero-order valence-electron chi connectivity index (χ0n) is 18.5. The van der Waals surface area contributed by atoms with E-state index in [1.165, 1.54) is 0 Å². The summed E-state index contributed by atoms with van der Waals surface area (Å²) in [4.78, 5) is 34.5. The fourth-order valence-corrected chi connectivity index (χ4v) is 5.17. The number of aromatic carboxylic acids is 1. The zero-order chi connectivity index (χ0) is 24.1. The minimum absolute atomic E-state index is 0.152. The van der Waals surface area contributed by atoms with Crippen LogP contribution in [0, 0.1) is 6.92 Å². The number of allylic oxidation sites excluding steroid dienone is 1. The third-order valence-electron chi connectivity index (χ3n) is 5.96. The third kappa shape index (κ3) is 3.62. The van der Waals surface area contributed by atoms with Gasteiger partial charge >= 0.3 is 5.97 Å². The lowest BCUT2D eigenvalue weighted by Gasteiger charge is -2.11. The molecule has 2 aliphatic rings. The van der Waals surface area contributed by atoms with Gasteiger partial charge in [-0.05, 0) is 55.7 Å². The molecule has 6 rings (SSSR count). The van der Waals surface area contributed by atoms with E-state index in [0.29, 0.717) is 24.4 Å². The van der Waals surface area contributed by atoms with E-state index in [9.17, 15) is 14.7 Å². The van der Waals surface area contributed by atoms with Crippen molar-refractivity contribution >= 4 is 34.9 Å². The Morgan fingerprint density at radius 1 is 1.17 bits per heavy atom. The Hall–Kier alpha value is -4.51. The number of hydrogen-bond donors (Lipinski definition) is 2. The molecular weight excluding hydrogens is 466 g/mol. The quantitative estimate of drug-likeness (QED) is 0.430. The summed E-state index contributed by atoms with van der Waals surface area (Å²) in [5.41, 5.74) is 5.70. The predicted molar refractivity (Wildman–Crippen MR) is 130 cm³/mol. The standard InChI is InChI=1S/C24H17N7O3S/c1-13-2-4-18(30-12-26-28-29-30)16(8-13)14-9-15-3-5-19(31(15)22(32)10-14)23-25-11-17(27-23)20-6-7-21(35-20)24(33)34/h2,4,6-12H,3,5H2,1H3,(H,33,34)/p+1/b23-19+. The van der Waals surface area contributed by atoms with E-state index in [1.807, 2.05) is 31.2 Å². The van der Waals surface area contributed by atoms with E-state index in [2.05, 4.69) is 25.5 Å². The Morgan fingerprint density at radius 2 is 2.06 bits per heavy atom. The Bertz CT molecular complexity index is 1660. The molecule has 2 N–H and O–H groups in total.